The fourth-order valence-electron chi connectivity index (χ4n) is 5.47. The van der Waals surface area contributed by atoms with Gasteiger partial charge in [-0.25, -0.2) is 4.79 Å². The summed E-state index contributed by atoms with van der Waals surface area (Å²) in [6, 6.07) is 21.6. The molecule has 1 aliphatic carbocycles. The van der Waals surface area contributed by atoms with Crippen LogP contribution in [-0.4, -0.2) is 39.0 Å². The summed E-state index contributed by atoms with van der Waals surface area (Å²) in [7, 11) is 1.57. The predicted molar refractivity (Wildman–Crippen MR) is 160 cm³/mol. The molecule has 210 valence electrons. The number of hydrogen-bond donors (Lipinski definition) is 1. The van der Waals surface area contributed by atoms with Crippen LogP contribution in [0.4, 0.5) is 0 Å². The Hall–Kier alpha value is -3.82. The number of ether oxygens (including phenoxy) is 1. The van der Waals surface area contributed by atoms with Crippen molar-refractivity contribution < 1.29 is 14.3 Å². The van der Waals surface area contributed by atoms with Gasteiger partial charge in [0.05, 0.1) is 36.1 Å². The van der Waals surface area contributed by atoms with Crippen molar-refractivity contribution in [3.8, 4) is 11.4 Å². The van der Waals surface area contributed by atoms with Gasteiger partial charge in [-0.2, -0.15) is 0 Å². The van der Waals surface area contributed by atoms with Gasteiger partial charge in [0.15, 0.2) is 0 Å². The first-order valence-electron chi connectivity index (χ1n) is 13.4. The van der Waals surface area contributed by atoms with E-state index >= 15 is 0 Å². The number of nitrogens with zero attached hydrogens (tertiary/aromatic N) is 3. The zero-order chi connectivity index (χ0) is 28.7. The topological polar surface area (TPSA) is 85.6 Å². The average Bonchev–Trinajstić information content (AvgIpc) is 3.81. The lowest BCUT2D eigenvalue weighted by Gasteiger charge is -2.37. The molecule has 2 amide bonds. The quantitative estimate of drug-likeness (QED) is 0.294. The lowest BCUT2D eigenvalue weighted by Crippen LogP contribution is -2.49. The van der Waals surface area contributed by atoms with Crippen LogP contribution in [0.3, 0.4) is 0 Å². The highest BCUT2D eigenvalue weighted by atomic mass is 79.9. The summed E-state index contributed by atoms with van der Waals surface area (Å²) in [6.45, 7) is 0.739. The molecule has 41 heavy (non-hydrogen) atoms. The second-order valence-electron chi connectivity index (χ2n) is 10.4. The van der Waals surface area contributed by atoms with Crippen LogP contribution in [0.25, 0.3) is 5.69 Å². The highest BCUT2D eigenvalue weighted by Crippen LogP contribution is 2.40. The van der Waals surface area contributed by atoms with Gasteiger partial charge < -0.3 is 15.0 Å². The van der Waals surface area contributed by atoms with Gasteiger partial charge in [0.2, 0.25) is 0 Å². The molecule has 2 aliphatic rings. The normalized spacial score (nSPS) is 16.3. The first kappa shape index (κ1) is 27.4. The van der Waals surface area contributed by atoms with Gasteiger partial charge in [-0.1, -0.05) is 41.9 Å². The number of carbonyl (C=O) groups excluding carboxylic acids is 2. The monoisotopic (exact) mass is 634 g/mol. The third-order valence-electron chi connectivity index (χ3n) is 7.77. The summed E-state index contributed by atoms with van der Waals surface area (Å²) in [5, 5.41) is 3.43. The number of nitrogens with one attached hydrogen (secondary N) is 1. The van der Waals surface area contributed by atoms with E-state index in [0.717, 1.165) is 18.4 Å². The molecule has 8 nitrogen and oxygen atoms in total. The molecule has 2 heterocycles. The fraction of sp³-hybridized carbons (Fsp3) is 0.258. The summed E-state index contributed by atoms with van der Waals surface area (Å²) in [5.41, 5.74) is 2.36. The van der Waals surface area contributed by atoms with Gasteiger partial charge in [0.1, 0.15) is 11.4 Å². The summed E-state index contributed by atoms with van der Waals surface area (Å²) in [6.07, 6.45) is 1.98. The van der Waals surface area contributed by atoms with Crippen LogP contribution in [0.1, 0.15) is 44.9 Å². The first-order valence-corrected chi connectivity index (χ1v) is 14.6. The minimum absolute atomic E-state index is 0.125. The number of methoxy groups -OCH3 is 1. The van der Waals surface area contributed by atoms with E-state index in [1.54, 1.807) is 59.0 Å². The Morgan fingerprint density at radius 1 is 1.05 bits per heavy atom. The van der Waals surface area contributed by atoms with Gasteiger partial charge in [-0.3, -0.25) is 18.7 Å². The van der Waals surface area contributed by atoms with Crippen LogP contribution < -0.4 is 15.7 Å². The van der Waals surface area contributed by atoms with Gasteiger partial charge in [-0.05, 0) is 82.7 Å². The van der Waals surface area contributed by atoms with Crippen molar-refractivity contribution in [2.75, 3.05) is 7.11 Å². The Morgan fingerprint density at radius 3 is 2.44 bits per heavy atom. The van der Waals surface area contributed by atoms with E-state index in [9.17, 15) is 14.4 Å². The largest absolute Gasteiger partial charge is 0.497 e. The lowest BCUT2D eigenvalue weighted by molar-refractivity contribution is 0.0553. The number of imidazole rings is 1. The Kier molecular flexibility index (Phi) is 7.48. The Balaban J connectivity index is 1.43. The van der Waals surface area contributed by atoms with Crippen molar-refractivity contribution >= 4 is 39.3 Å². The number of hydrogen-bond acceptors (Lipinski definition) is 4. The van der Waals surface area contributed by atoms with Crippen molar-refractivity contribution in [3.63, 3.8) is 0 Å². The fourth-order valence-corrected chi connectivity index (χ4v) is 5.90. The molecule has 0 spiro atoms. The minimum atomic E-state index is -0.389. The van der Waals surface area contributed by atoms with E-state index in [0.29, 0.717) is 51.2 Å². The van der Waals surface area contributed by atoms with Gasteiger partial charge >= 0.3 is 5.69 Å². The molecule has 1 fully saturated rings. The molecule has 4 aromatic rings. The molecule has 1 N–H and O–H groups in total. The van der Waals surface area contributed by atoms with Crippen LogP contribution >= 0.6 is 27.5 Å². The molecular weight excluding hydrogens is 608 g/mol. The third-order valence-corrected chi connectivity index (χ3v) is 9.00. The predicted octanol–water partition coefficient (Wildman–Crippen LogP) is 5.43. The molecule has 1 unspecified atom stereocenters. The molecule has 1 aliphatic heterocycles. The molecule has 1 aromatic heterocycles. The second-order valence-corrected chi connectivity index (χ2v) is 11.6. The molecule has 0 bridgehead atoms. The highest BCUT2D eigenvalue weighted by molar-refractivity contribution is 9.10. The smallest absolute Gasteiger partial charge is 0.333 e. The van der Waals surface area contributed by atoms with Gasteiger partial charge in [-0.15, -0.1) is 0 Å². The third kappa shape index (κ3) is 5.31. The van der Waals surface area contributed by atoms with Crippen molar-refractivity contribution in [1.82, 2.24) is 19.4 Å². The van der Waals surface area contributed by atoms with Gasteiger partial charge in [0.25, 0.3) is 11.8 Å². The minimum Gasteiger partial charge on any atom is -0.497 e. The zero-order valence-corrected chi connectivity index (χ0v) is 24.7. The molecule has 1 saturated carbocycles. The lowest BCUT2D eigenvalue weighted by atomic mass is 10.0. The van der Waals surface area contributed by atoms with E-state index in [1.807, 2.05) is 30.3 Å². The molecule has 0 saturated heterocycles. The molecular formula is C31H28BrClN4O4. The second kappa shape index (κ2) is 11.2. The number of benzene rings is 3. The number of carbonyl (C=O) groups is 2. The molecule has 3 aromatic carbocycles. The van der Waals surface area contributed by atoms with Crippen molar-refractivity contribution in [2.45, 2.75) is 38.5 Å². The summed E-state index contributed by atoms with van der Waals surface area (Å²) >= 11 is 9.72. The van der Waals surface area contributed by atoms with E-state index in [1.165, 1.54) is 4.57 Å². The number of rotatable bonds is 7. The number of halogens is 2. The Bertz CT molecular complexity index is 1680. The first-order chi connectivity index (χ1) is 19.9. The van der Waals surface area contributed by atoms with E-state index in [-0.39, 0.29) is 35.8 Å². The average molecular weight is 636 g/mol. The van der Waals surface area contributed by atoms with Crippen LogP contribution in [0.5, 0.6) is 5.75 Å². The van der Waals surface area contributed by atoms with Gasteiger partial charge in [0, 0.05) is 23.1 Å². The summed E-state index contributed by atoms with van der Waals surface area (Å²) in [4.78, 5) is 43.5. The number of aromatic nitrogens is 2. The molecule has 10 heteroatoms. The van der Waals surface area contributed by atoms with E-state index < -0.39 is 0 Å². The maximum absolute atomic E-state index is 14.0. The Morgan fingerprint density at radius 2 is 1.78 bits per heavy atom. The zero-order valence-electron chi connectivity index (χ0n) is 22.3. The standard InChI is InChI=1S/C31H28BrClN4O4/c1-41-23-12-10-22(11-13-23)37-28(29(38)34-16-19-5-3-2-4-6-19)27-18-35(26(20-7-8-20)17-36(27)31(37)40)30(39)21-9-14-24(32)25(33)15-21/h2-6,9-15,20,26H,7-8,16-18H2,1H3,(H,34,38). The SMILES string of the molecule is COc1ccc(-n2c(C(=O)NCc3ccccc3)c3n(c2=O)CC(C2CC2)N(C(=O)c2ccc(Br)c(Cl)c2)C3)cc1. The van der Waals surface area contributed by atoms with Crippen molar-refractivity contribution in [1.29, 1.82) is 0 Å². The summed E-state index contributed by atoms with van der Waals surface area (Å²) in [5.74, 6) is 0.367. The van der Waals surface area contributed by atoms with Crippen LogP contribution in [0.15, 0.2) is 82.1 Å². The number of amides is 2. The van der Waals surface area contributed by atoms with Crippen molar-refractivity contribution in [2.24, 2.45) is 5.92 Å². The van der Waals surface area contributed by atoms with E-state index in [2.05, 4.69) is 21.2 Å². The molecule has 6 rings (SSSR count). The number of fused-ring (bicyclic) bond motifs is 1. The van der Waals surface area contributed by atoms with Crippen LogP contribution in [-0.2, 0) is 19.6 Å². The Labute approximate surface area is 250 Å². The van der Waals surface area contributed by atoms with E-state index in [4.69, 9.17) is 16.3 Å². The highest BCUT2D eigenvalue weighted by Gasteiger charge is 2.43. The van der Waals surface area contributed by atoms with Crippen LogP contribution in [0, 0.1) is 5.92 Å². The maximum atomic E-state index is 14.0. The molecule has 1 atom stereocenters. The maximum Gasteiger partial charge on any atom is 0.333 e. The summed E-state index contributed by atoms with van der Waals surface area (Å²) < 4.78 is 9.12. The molecule has 0 radical (unpaired) electrons. The van der Waals surface area contributed by atoms with Crippen LogP contribution in [0.2, 0.25) is 5.02 Å². The van der Waals surface area contributed by atoms with Crippen molar-refractivity contribution in [3.05, 3.63) is 115 Å².